The summed E-state index contributed by atoms with van der Waals surface area (Å²) in [6, 6.07) is 12.4. The molecule has 0 saturated heterocycles. The molecule has 2 rings (SSSR count). The molecule has 140 valence electrons. The smallest absolute Gasteiger partial charge is 0.378 e. The topological polar surface area (TPSA) is 35.6 Å². The summed E-state index contributed by atoms with van der Waals surface area (Å²) in [5.74, 6) is 0. The Labute approximate surface area is 151 Å². The normalized spacial score (nSPS) is 11.2. The van der Waals surface area contributed by atoms with Gasteiger partial charge in [-0.25, -0.2) is 4.79 Å². The Bertz CT molecular complexity index is 742. The highest BCUT2D eigenvalue weighted by Gasteiger charge is 2.30. The molecule has 26 heavy (non-hydrogen) atoms. The minimum absolute atomic E-state index is 0.0926. The molecular formula is C19H22F3N3O. The number of benzene rings is 2. The van der Waals surface area contributed by atoms with Crippen molar-refractivity contribution in [2.75, 3.05) is 26.0 Å². The predicted molar refractivity (Wildman–Crippen MR) is 95.9 cm³/mol. The van der Waals surface area contributed by atoms with E-state index in [2.05, 4.69) is 5.32 Å². The standard InChI is InChI=1S/C19H22F3N3O/c1-24(2)17-9-7-14(8-10-17)12-23-18(26)25(3)13-15-5-4-6-16(11-15)19(20,21)22/h4-11H,12-13H2,1-3H3,(H,23,26). The molecule has 0 aliphatic heterocycles. The summed E-state index contributed by atoms with van der Waals surface area (Å²) < 4.78 is 38.3. The molecule has 0 bridgehead atoms. The van der Waals surface area contributed by atoms with Gasteiger partial charge in [0, 0.05) is 39.9 Å². The Balaban J connectivity index is 1.91. The zero-order valence-corrected chi connectivity index (χ0v) is 15.0. The van der Waals surface area contributed by atoms with Gasteiger partial charge in [0.15, 0.2) is 0 Å². The van der Waals surface area contributed by atoms with Crippen LogP contribution in [0.3, 0.4) is 0 Å². The maximum Gasteiger partial charge on any atom is 0.416 e. The number of nitrogens with zero attached hydrogens (tertiary/aromatic N) is 2. The second-order valence-corrected chi connectivity index (χ2v) is 6.27. The minimum Gasteiger partial charge on any atom is -0.378 e. The average Bonchev–Trinajstić information content (AvgIpc) is 2.59. The lowest BCUT2D eigenvalue weighted by atomic mass is 10.1. The zero-order chi connectivity index (χ0) is 19.3. The highest BCUT2D eigenvalue weighted by atomic mass is 19.4. The molecule has 1 N–H and O–H groups in total. The monoisotopic (exact) mass is 365 g/mol. The molecule has 2 aromatic carbocycles. The molecular weight excluding hydrogens is 343 g/mol. The number of halogens is 3. The molecule has 0 aromatic heterocycles. The molecule has 4 nitrogen and oxygen atoms in total. The van der Waals surface area contributed by atoms with Crippen molar-refractivity contribution in [3.8, 4) is 0 Å². The first kappa shape index (κ1) is 19.6. The van der Waals surface area contributed by atoms with Gasteiger partial charge < -0.3 is 15.1 Å². The lowest BCUT2D eigenvalue weighted by Crippen LogP contribution is -2.36. The molecule has 0 atom stereocenters. The second kappa shape index (κ2) is 8.12. The quantitative estimate of drug-likeness (QED) is 0.865. The number of rotatable bonds is 5. The van der Waals surface area contributed by atoms with Gasteiger partial charge in [0.1, 0.15) is 0 Å². The van der Waals surface area contributed by atoms with Crippen molar-refractivity contribution >= 4 is 11.7 Å². The van der Waals surface area contributed by atoms with Crippen molar-refractivity contribution in [3.05, 3.63) is 65.2 Å². The fraction of sp³-hybridized carbons (Fsp3) is 0.316. The SMILES string of the molecule is CN(Cc1cccc(C(F)(F)F)c1)C(=O)NCc1ccc(N(C)C)cc1. The van der Waals surface area contributed by atoms with Gasteiger partial charge in [-0.2, -0.15) is 13.2 Å². The molecule has 0 fully saturated rings. The lowest BCUT2D eigenvalue weighted by molar-refractivity contribution is -0.137. The van der Waals surface area contributed by atoms with E-state index in [9.17, 15) is 18.0 Å². The van der Waals surface area contributed by atoms with Crippen molar-refractivity contribution in [3.63, 3.8) is 0 Å². The van der Waals surface area contributed by atoms with Crippen LogP contribution in [-0.2, 0) is 19.3 Å². The van der Waals surface area contributed by atoms with E-state index < -0.39 is 11.7 Å². The number of hydrogen-bond donors (Lipinski definition) is 1. The Morgan fingerprint density at radius 1 is 1.00 bits per heavy atom. The average molecular weight is 365 g/mol. The summed E-state index contributed by atoms with van der Waals surface area (Å²) in [5, 5.41) is 2.76. The first-order valence-electron chi connectivity index (χ1n) is 8.08. The van der Waals surface area contributed by atoms with E-state index >= 15 is 0 Å². The summed E-state index contributed by atoms with van der Waals surface area (Å²) in [4.78, 5) is 15.5. The molecule has 0 heterocycles. The maximum absolute atomic E-state index is 12.8. The number of carbonyl (C=O) groups excluding carboxylic acids is 1. The third-order valence-electron chi connectivity index (χ3n) is 3.92. The first-order chi connectivity index (χ1) is 12.2. The van der Waals surface area contributed by atoms with Gasteiger partial charge in [-0.3, -0.25) is 0 Å². The summed E-state index contributed by atoms with van der Waals surface area (Å²) in [6.45, 7) is 0.439. The number of amides is 2. The lowest BCUT2D eigenvalue weighted by Gasteiger charge is -2.19. The number of nitrogens with one attached hydrogen (secondary N) is 1. The fourth-order valence-corrected chi connectivity index (χ4v) is 2.42. The van der Waals surface area contributed by atoms with Crippen LogP contribution in [0.2, 0.25) is 0 Å². The van der Waals surface area contributed by atoms with Gasteiger partial charge in [-0.15, -0.1) is 0 Å². The minimum atomic E-state index is -4.39. The fourth-order valence-electron chi connectivity index (χ4n) is 2.42. The molecule has 0 spiro atoms. The summed E-state index contributed by atoms with van der Waals surface area (Å²) in [5.41, 5.74) is 1.70. The largest absolute Gasteiger partial charge is 0.416 e. The number of hydrogen-bond acceptors (Lipinski definition) is 2. The van der Waals surface area contributed by atoms with Crippen LogP contribution in [0.5, 0.6) is 0 Å². The van der Waals surface area contributed by atoms with Crippen molar-refractivity contribution in [1.82, 2.24) is 10.2 Å². The van der Waals surface area contributed by atoms with Crippen LogP contribution in [-0.4, -0.2) is 32.1 Å². The van der Waals surface area contributed by atoms with Crippen LogP contribution in [0.1, 0.15) is 16.7 Å². The molecule has 7 heteroatoms. The van der Waals surface area contributed by atoms with E-state index in [-0.39, 0.29) is 12.6 Å². The van der Waals surface area contributed by atoms with Crippen molar-refractivity contribution in [1.29, 1.82) is 0 Å². The third-order valence-corrected chi connectivity index (χ3v) is 3.92. The molecule has 2 aromatic rings. The van der Waals surface area contributed by atoms with Gasteiger partial charge >= 0.3 is 12.2 Å². The van der Waals surface area contributed by atoms with Crippen LogP contribution in [0.4, 0.5) is 23.7 Å². The predicted octanol–water partition coefficient (Wildman–Crippen LogP) is 4.11. The number of carbonyl (C=O) groups is 1. The Morgan fingerprint density at radius 2 is 1.65 bits per heavy atom. The van der Waals surface area contributed by atoms with Crippen LogP contribution < -0.4 is 10.2 Å². The van der Waals surface area contributed by atoms with E-state index in [1.54, 1.807) is 13.1 Å². The molecule has 0 aliphatic carbocycles. The van der Waals surface area contributed by atoms with Crippen molar-refractivity contribution in [2.24, 2.45) is 0 Å². The van der Waals surface area contributed by atoms with E-state index in [1.165, 1.54) is 11.0 Å². The van der Waals surface area contributed by atoms with Crippen LogP contribution in [0.15, 0.2) is 48.5 Å². The number of anilines is 1. The van der Waals surface area contributed by atoms with Gasteiger partial charge in [-0.05, 0) is 35.4 Å². The molecule has 0 radical (unpaired) electrons. The van der Waals surface area contributed by atoms with E-state index in [4.69, 9.17) is 0 Å². The molecule has 2 amide bonds. The Morgan fingerprint density at radius 3 is 2.23 bits per heavy atom. The van der Waals surface area contributed by atoms with Gasteiger partial charge in [0.2, 0.25) is 0 Å². The van der Waals surface area contributed by atoms with Gasteiger partial charge in [-0.1, -0.05) is 24.3 Å². The highest BCUT2D eigenvalue weighted by molar-refractivity contribution is 5.73. The van der Waals surface area contributed by atoms with Crippen molar-refractivity contribution < 1.29 is 18.0 Å². The van der Waals surface area contributed by atoms with Gasteiger partial charge in [0.05, 0.1) is 5.56 Å². The van der Waals surface area contributed by atoms with Crippen LogP contribution in [0.25, 0.3) is 0 Å². The molecule has 0 unspecified atom stereocenters. The highest BCUT2D eigenvalue weighted by Crippen LogP contribution is 2.29. The Kier molecular flexibility index (Phi) is 6.13. The zero-order valence-electron chi connectivity index (χ0n) is 15.0. The maximum atomic E-state index is 12.8. The summed E-state index contributed by atoms with van der Waals surface area (Å²) in [6.07, 6.45) is -4.39. The van der Waals surface area contributed by atoms with E-state index in [0.717, 1.165) is 23.4 Å². The van der Waals surface area contributed by atoms with E-state index in [0.29, 0.717) is 12.1 Å². The number of urea groups is 1. The second-order valence-electron chi connectivity index (χ2n) is 6.27. The van der Waals surface area contributed by atoms with Gasteiger partial charge in [0.25, 0.3) is 0 Å². The van der Waals surface area contributed by atoms with Crippen LogP contribution >= 0.6 is 0 Å². The molecule has 0 saturated carbocycles. The summed E-state index contributed by atoms with van der Waals surface area (Å²) in [7, 11) is 5.43. The van der Waals surface area contributed by atoms with Crippen molar-refractivity contribution in [2.45, 2.75) is 19.3 Å². The summed E-state index contributed by atoms with van der Waals surface area (Å²) >= 11 is 0. The molecule has 0 aliphatic rings. The number of alkyl halides is 3. The Hall–Kier alpha value is -2.70. The van der Waals surface area contributed by atoms with Crippen LogP contribution in [0, 0.1) is 0 Å². The third kappa shape index (κ3) is 5.40. The van der Waals surface area contributed by atoms with E-state index in [1.807, 2.05) is 43.3 Å². The first-order valence-corrected chi connectivity index (χ1v) is 8.08.